The normalized spacial score (nSPS) is 12.4. The summed E-state index contributed by atoms with van der Waals surface area (Å²) in [5.74, 6) is 0.754. The number of primary sulfonamides is 1. The van der Waals surface area contributed by atoms with Crippen LogP contribution in [0.15, 0.2) is 21.3 Å². The van der Waals surface area contributed by atoms with Crippen LogP contribution in [0.1, 0.15) is 44.4 Å². The van der Waals surface area contributed by atoms with E-state index in [4.69, 9.17) is 5.14 Å². The Balaban J connectivity index is 2.52. The third-order valence-corrected chi connectivity index (χ3v) is 5.49. The Morgan fingerprint density at radius 3 is 2.59 bits per heavy atom. The smallest absolute Gasteiger partial charge is 0.247 e. The number of hydrogen-bond acceptors (Lipinski definition) is 4. The van der Waals surface area contributed by atoms with Crippen molar-refractivity contribution in [3.8, 4) is 0 Å². The van der Waals surface area contributed by atoms with E-state index in [0.717, 1.165) is 41.7 Å². The molecule has 8 heteroatoms. The third-order valence-electron chi connectivity index (χ3n) is 2.98. The topological polar surface area (TPSA) is 96.6 Å². The summed E-state index contributed by atoms with van der Waals surface area (Å²) >= 11 is 1.16. The molecule has 22 heavy (non-hydrogen) atoms. The molecule has 0 saturated heterocycles. The molecule has 1 aromatic heterocycles. The van der Waals surface area contributed by atoms with Gasteiger partial charge in [0.05, 0.1) is 6.54 Å². The van der Waals surface area contributed by atoms with Crippen molar-refractivity contribution in [1.29, 1.82) is 0 Å². The molecule has 0 aliphatic rings. The maximum atomic E-state index is 11.2. The number of hydrogen-bond donors (Lipinski definition) is 3. The maximum absolute atomic E-state index is 11.2. The molecule has 126 valence electrons. The first-order valence-electron chi connectivity index (χ1n) is 7.61. The molecule has 0 amide bonds. The molecule has 0 spiro atoms. The molecular formula is C14H26N4O2S2. The van der Waals surface area contributed by atoms with Crippen molar-refractivity contribution in [2.24, 2.45) is 10.1 Å². The number of sulfonamides is 1. The standard InChI is InChI=1S/C14H26N4O2S2/c1-3-5-6-7-10-17-14(16-4-2)18-11-12-8-9-13(21-12)22(15,19)20/h8-9H,3-7,10-11H2,1-2H3,(H2,15,19,20)(H2,16,17,18). The molecule has 0 atom stereocenters. The van der Waals surface area contributed by atoms with Crippen LogP contribution < -0.4 is 15.8 Å². The summed E-state index contributed by atoms with van der Waals surface area (Å²) in [7, 11) is -3.62. The molecule has 0 radical (unpaired) electrons. The number of nitrogens with two attached hydrogens (primary N) is 1. The first-order chi connectivity index (χ1) is 10.5. The average molecular weight is 347 g/mol. The van der Waals surface area contributed by atoms with Crippen molar-refractivity contribution in [2.45, 2.75) is 50.3 Å². The lowest BCUT2D eigenvalue weighted by atomic mass is 10.2. The lowest BCUT2D eigenvalue weighted by molar-refractivity contribution is 0.600. The number of nitrogens with zero attached hydrogens (tertiary/aromatic N) is 1. The molecule has 4 N–H and O–H groups in total. The number of aliphatic imine (C=N–C) groups is 1. The van der Waals surface area contributed by atoms with Crippen molar-refractivity contribution in [2.75, 3.05) is 13.1 Å². The number of unbranched alkanes of at least 4 members (excludes halogenated alkanes) is 3. The second-order valence-corrected chi connectivity index (χ2v) is 7.90. The van der Waals surface area contributed by atoms with Crippen LogP contribution in [0.25, 0.3) is 0 Å². The highest BCUT2D eigenvalue weighted by Crippen LogP contribution is 2.20. The van der Waals surface area contributed by atoms with E-state index >= 15 is 0 Å². The lowest BCUT2D eigenvalue weighted by Gasteiger charge is -2.10. The van der Waals surface area contributed by atoms with Crippen molar-refractivity contribution in [1.82, 2.24) is 10.6 Å². The van der Waals surface area contributed by atoms with Gasteiger partial charge in [-0.25, -0.2) is 18.5 Å². The molecule has 1 rings (SSSR count). The van der Waals surface area contributed by atoms with Crippen LogP contribution in [0.4, 0.5) is 0 Å². The zero-order chi connectivity index (χ0) is 16.4. The van der Waals surface area contributed by atoms with E-state index < -0.39 is 10.0 Å². The molecule has 1 aromatic rings. The lowest BCUT2D eigenvalue weighted by Crippen LogP contribution is -2.37. The summed E-state index contributed by atoms with van der Waals surface area (Å²) in [5, 5.41) is 11.6. The molecule has 0 saturated carbocycles. The van der Waals surface area contributed by atoms with Gasteiger partial charge in [-0.2, -0.15) is 0 Å². The minimum atomic E-state index is -3.62. The van der Waals surface area contributed by atoms with Gasteiger partial charge < -0.3 is 10.6 Å². The quantitative estimate of drug-likeness (QED) is 0.362. The number of rotatable bonds is 9. The van der Waals surface area contributed by atoms with E-state index in [-0.39, 0.29) is 4.21 Å². The minimum Gasteiger partial charge on any atom is -0.357 e. The molecule has 0 aliphatic heterocycles. The van der Waals surface area contributed by atoms with Gasteiger partial charge >= 0.3 is 0 Å². The molecule has 0 bridgehead atoms. The fraction of sp³-hybridized carbons (Fsp3) is 0.643. The van der Waals surface area contributed by atoms with Crippen molar-refractivity contribution in [3.63, 3.8) is 0 Å². The van der Waals surface area contributed by atoms with E-state index in [1.54, 1.807) is 6.07 Å². The number of nitrogens with one attached hydrogen (secondary N) is 2. The van der Waals surface area contributed by atoms with Gasteiger partial charge in [0.2, 0.25) is 10.0 Å². The van der Waals surface area contributed by atoms with Crippen molar-refractivity contribution in [3.05, 3.63) is 17.0 Å². The van der Waals surface area contributed by atoms with Crippen LogP contribution in [0.5, 0.6) is 0 Å². The van der Waals surface area contributed by atoms with Crippen LogP contribution in [-0.2, 0) is 16.6 Å². The van der Waals surface area contributed by atoms with Gasteiger partial charge in [-0.1, -0.05) is 26.2 Å². The van der Waals surface area contributed by atoms with Gasteiger partial charge in [-0.05, 0) is 25.5 Å². The summed E-state index contributed by atoms with van der Waals surface area (Å²) in [4.78, 5) is 5.33. The van der Waals surface area contributed by atoms with Crippen LogP contribution in [0.3, 0.4) is 0 Å². The summed E-state index contributed by atoms with van der Waals surface area (Å²) in [6.45, 7) is 6.31. The largest absolute Gasteiger partial charge is 0.357 e. The summed E-state index contributed by atoms with van der Waals surface area (Å²) in [5.41, 5.74) is 0. The molecule has 0 fully saturated rings. The van der Waals surface area contributed by atoms with Crippen LogP contribution in [0, 0.1) is 0 Å². The monoisotopic (exact) mass is 346 g/mol. The van der Waals surface area contributed by atoms with Crippen LogP contribution in [-0.4, -0.2) is 27.5 Å². The highest BCUT2D eigenvalue weighted by molar-refractivity contribution is 7.91. The van der Waals surface area contributed by atoms with Gasteiger partial charge in [-0.15, -0.1) is 11.3 Å². The molecule has 0 unspecified atom stereocenters. The summed E-state index contributed by atoms with van der Waals surface area (Å²) in [6.07, 6.45) is 4.80. The summed E-state index contributed by atoms with van der Waals surface area (Å²) in [6, 6.07) is 3.27. The third kappa shape index (κ3) is 7.24. The Morgan fingerprint density at radius 1 is 1.23 bits per heavy atom. The van der Waals surface area contributed by atoms with Gasteiger partial charge in [0.25, 0.3) is 0 Å². The predicted molar refractivity (Wildman–Crippen MR) is 92.7 cm³/mol. The second-order valence-electron chi connectivity index (χ2n) is 4.95. The maximum Gasteiger partial charge on any atom is 0.247 e. The van der Waals surface area contributed by atoms with E-state index in [9.17, 15) is 8.42 Å². The van der Waals surface area contributed by atoms with E-state index in [2.05, 4.69) is 22.5 Å². The van der Waals surface area contributed by atoms with Crippen molar-refractivity contribution < 1.29 is 8.42 Å². The number of thiophene rings is 1. The highest BCUT2D eigenvalue weighted by atomic mass is 32.2. The van der Waals surface area contributed by atoms with Crippen LogP contribution in [0.2, 0.25) is 0 Å². The fourth-order valence-electron chi connectivity index (χ4n) is 1.85. The molecule has 1 heterocycles. The Kier molecular flexibility index (Phi) is 8.44. The van der Waals surface area contributed by atoms with E-state index in [0.29, 0.717) is 6.54 Å². The predicted octanol–water partition coefficient (Wildman–Crippen LogP) is 2.03. The first kappa shape index (κ1) is 18.9. The summed E-state index contributed by atoms with van der Waals surface area (Å²) < 4.78 is 22.7. The Hall–Kier alpha value is -1.12. The molecule has 6 nitrogen and oxygen atoms in total. The fourth-order valence-corrected chi connectivity index (χ4v) is 3.56. The Morgan fingerprint density at radius 2 is 2.00 bits per heavy atom. The van der Waals surface area contributed by atoms with Crippen LogP contribution >= 0.6 is 11.3 Å². The minimum absolute atomic E-state index is 0.176. The zero-order valence-corrected chi connectivity index (χ0v) is 14.9. The Bertz CT molecular complexity index is 567. The van der Waals surface area contributed by atoms with Gasteiger partial charge in [-0.3, -0.25) is 0 Å². The SMILES string of the molecule is CCCCCCNC(=NCc1ccc(S(N)(=O)=O)s1)NCC. The van der Waals surface area contributed by atoms with Crippen molar-refractivity contribution >= 4 is 27.3 Å². The second kappa shape index (κ2) is 9.81. The van der Waals surface area contributed by atoms with E-state index in [1.807, 2.05) is 6.92 Å². The zero-order valence-electron chi connectivity index (χ0n) is 13.3. The molecular weight excluding hydrogens is 320 g/mol. The van der Waals surface area contributed by atoms with E-state index in [1.165, 1.54) is 25.3 Å². The molecule has 0 aliphatic carbocycles. The average Bonchev–Trinajstić information content (AvgIpc) is 2.93. The van der Waals surface area contributed by atoms with Gasteiger partial charge in [0.15, 0.2) is 5.96 Å². The highest BCUT2D eigenvalue weighted by Gasteiger charge is 2.10. The van der Waals surface area contributed by atoms with Gasteiger partial charge in [0, 0.05) is 18.0 Å². The van der Waals surface area contributed by atoms with Gasteiger partial charge in [0.1, 0.15) is 4.21 Å². The number of guanidine groups is 1. The first-order valence-corrected chi connectivity index (χ1v) is 9.97. The molecule has 0 aromatic carbocycles. The Labute approximate surface area is 137 Å².